The lowest BCUT2D eigenvalue weighted by Gasteiger charge is -2.21. The Hall–Kier alpha value is -2.17. The largest absolute Gasteiger partial charge is 0.497 e. The molecule has 0 aliphatic carbocycles. The summed E-state index contributed by atoms with van der Waals surface area (Å²) >= 11 is 0. The molecule has 0 atom stereocenters. The van der Waals surface area contributed by atoms with Crippen LogP contribution in [0.4, 0.5) is 5.69 Å². The van der Waals surface area contributed by atoms with Crippen LogP contribution in [0.2, 0.25) is 0 Å². The summed E-state index contributed by atoms with van der Waals surface area (Å²) in [7, 11) is 3.46. The zero-order chi connectivity index (χ0) is 15.1. The topological polar surface area (TPSA) is 62.2 Å². The summed E-state index contributed by atoms with van der Waals surface area (Å²) in [6, 6.07) is 7.32. The molecule has 2 aromatic rings. The van der Waals surface area contributed by atoms with Crippen LogP contribution in [0.15, 0.2) is 29.1 Å². The molecule has 0 aliphatic heterocycles. The van der Waals surface area contributed by atoms with Crippen LogP contribution in [0.25, 0.3) is 5.69 Å². The number of hydrogen-bond acceptors (Lipinski definition) is 3. The monoisotopic (exact) mass is 275 g/mol. The van der Waals surface area contributed by atoms with Crippen LogP contribution in [0.3, 0.4) is 0 Å². The Morgan fingerprint density at radius 1 is 1.15 bits per heavy atom. The summed E-state index contributed by atoms with van der Waals surface area (Å²) in [6.07, 6.45) is 0. The number of ether oxygens (including phenoxy) is 1. The molecule has 108 valence electrons. The van der Waals surface area contributed by atoms with Crippen molar-refractivity contribution in [1.82, 2.24) is 9.36 Å². The van der Waals surface area contributed by atoms with Gasteiger partial charge < -0.3 is 10.5 Å². The molecular formula is C15H21N3O2. The Morgan fingerprint density at radius 3 is 2.10 bits per heavy atom. The van der Waals surface area contributed by atoms with E-state index in [0.717, 1.165) is 17.1 Å². The fourth-order valence-electron chi connectivity index (χ4n) is 2.53. The van der Waals surface area contributed by atoms with Crippen LogP contribution >= 0.6 is 0 Å². The van der Waals surface area contributed by atoms with Crippen molar-refractivity contribution in [3.8, 4) is 11.4 Å². The SMILES string of the molecule is COc1ccc(-n2c(=O)c(N)c(C(C)(C)C)n2C)cc1. The van der Waals surface area contributed by atoms with E-state index in [0.29, 0.717) is 5.69 Å². The van der Waals surface area contributed by atoms with Crippen molar-refractivity contribution in [2.75, 3.05) is 12.8 Å². The first-order chi connectivity index (χ1) is 9.27. The van der Waals surface area contributed by atoms with Crippen molar-refractivity contribution >= 4 is 5.69 Å². The molecule has 0 spiro atoms. The van der Waals surface area contributed by atoms with Crippen molar-refractivity contribution in [3.05, 3.63) is 40.3 Å². The second kappa shape index (κ2) is 4.74. The Morgan fingerprint density at radius 2 is 1.70 bits per heavy atom. The van der Waals surface area contributed by atoms with Gasteiger partial charge in [-0.2, -0.15) is 0 Å². The molecular weight excluding hydrogens is 254 g/mol. The lowest BCUT2D eigenvalue weighted by Crippen LogP contribution is -2.22. The van der Waals surface area contributed by atoms with E-state index in [-0.39, 0.29) is 11.0 Å². The highest BCUT2D eigenvalue weighted by molar-refractivity contribution is 5.49. The second-order valence-corrected chi connectivity index (χ2v) is 5.85. The summed E-state index contributed by atoms with van der Waals surface area (Å²) in [5.74, 6) is 0.750. The van der Waals surface area contributed by atoms with Gasteiger partial charge in [0.1, 0.15) is 11.4 Å². The Labute approximate surface area is 118 Å². The lowest BCUT2D eigenvalue weighted by atomic mass is 9.91. The van der Waals surface area contributed by atoms with Crippen molar-refractivity contribution in [2.45, 2.75) is 26.2 Å². The van der Waals surface area contributed by atoms with Crippen molar-refractivity contribution < 1.29 is 4.74 Å². The van der Waals surface area contributed by atoms with Crippen molar-refractivity contribution in [3.63, 3.8) is 0 Å². The van der Waals surface area contributed by atoms with E-state index in [1.54, 1.807) is 11.8 Å². The van der Waals surface area contributed by atoms with Crippen LogP contribution in [0, 0.1) is 0 Å². The molecule has 5 heteroatoms. The van der Waals surface area contributed by atoms with Gasteiger partial charge in [-0.05, 0) is 24.3 Å². The zero-order valence-electron chi connectivity index (χ0n) is 12.6. The molecule has 1 aromatic carbocycles. The predicted molar refractivity (Wildman–Crippen MR) is 80.7 cm³/mol. The fourth-order valence-corrected chi connectivity index (χ4v) is 2.53. The third kappa shape index (κ3) is 2.19. The molecule has 0 bridgehead atoms. The molecule has 2 N–H and O–H groups in total. The van der Waals surface area contributed by atoms with Gasteiger partial charge in [0.2, 0.25) is 0 Å². The van der Waals surface area contributed by atoms with E-state index in [1.807, 2.05) is 56.8 Å². The highest BCUT2D eigenvalue weighted by atomic mass is 16.5. The molecule has 0 saturated carbocycles. The standard InChI is InChI=1S/C15H21N3O2/c1-15(2,3)13-12(16)14(19)18(17(13)4)10-6-8-11(20-5)9-7-10/h6-9H,16H2,1-5H3. The second-order valence-electron chi connectivity index (χ2n) is 5.85. The summed E-state index contributed by atoms with van der Waals surface area (Å²) in [5, 5.41) is 0. The van der Waals surface area contributed by atoms with Crippen LogP contribution in [-0.4, -0.2) is 16.5 Å². The number of nitrogens with zero attached hydrogens (tertiary/aromatic N) is 2. The summed E-state index contributed by atoms with van der Waals surface area (Å²) in [4.78, 5) is 12.4. The molecule has 1 aromatic heterocycles. The molecule has 0 unspecified atom stereocenters. The number of rotatable bonds is 2. The van der Waals surface area contributed by atoms with Crippen LogP contribution < -0.4 is 16.0 Å². The molecule has 1 heterocycles. The highest BCUT2D eigenvalue weighted by Crippen LogP contribution is 2.26. The van der Waals surface area contributed by atoms with E-state index in [9.17, 15) is 4.79 Å². The maximum atomic E-state index is 12.4. The summed E-state index contributed by atoms with van der Waals surface area (Å²) in [6.45, 7) is 6.11. The van der Waals surface area contributed by atoms with Crippen molar-refractivity contribution in [1.29, 1.82) is 0 Å². The third-order valence-corrected chi connectivity index (χ3v) is 3.33. The van der Waals surface area contributed by atoms with Crippen molar-refractivity contribution in [2.24, 2.45) is 7.05 Å². The maximum absolute atomic E-state index is 12.4. The maximum Gasteiger partial charge on any atom is 0.294 e. The zero-order valence-corrected chi connectivity index (χ0v) is 12.6. The van der Waals surface area contributed by atoms with E-state index in [2.05, 4.69) is 0 Å². The molecule has 0 saturated heterocycles. The average molecular weight is 275 g/mol. The van der Waals surface area contributed by atoms with E-state index >= 15 is 0 Å². The number of benzene rings is 1. The van der Waals surface area contributed by atoms with Crippen LogP contribution in [-0.2, 0) is 12.5 Å². The number of hydrogen-bond donors (Lipinski definition) is 1. The molecule has 5 nitrogen and oxygen atoms in total. The van der Waals surface area contributed by atoms with E-state index in [1.165, 1.54) is 0 Å². The average Bonchev–Trinajstić information content (AvgIpc) is 2.60. The first-order valence-corrected chi connectivity index (χ1v) is 6.49. The summed E-state index contributed by atoms with van der Waals surface area (Å²) < 4.78 is 8.53. The minimum absolute atomic E-state index is 0.192. The van der Waals surface area contributed by atoms with Gasteiger partial charge in [-0.3, -0.25) is 9.48 Å². The number of aromatic nitrogens is 2. The molecule has 20 heavy (non-hydrogen) atoms. The first kappa shape index (κ1) is 14.2. The third-order valence-electron chi connectivity index (χ3n) is 3.33. The molecule has 2 rings (SSSR count). The Kier molecular flexibility index (Phi) is 3.38. The number of nitrogens with two attached hydrogens (primary N) is 1. The molecule has 0 aliphatic rings. The lowest BCUT2D eigenvalue weighted by molar-refractivity contribution is 0.414. The number of anilines is 1. The smallest absolute Gasteiger partial charge is 0.294 e. The highest BCUT2D eigenvalue weighted by Gasteiger charge is 2.26. The van der Waals surface area contributed by atoms with Gasteiger partial charge in [0, 0.05) is 12.5 Å². The van der Waals surface area contributed by atoms with Gasteiger partial charge in [0.05, 0.1) is 18.5 Å². The van der Waals surface area contributed by atoms with Gasteiger partial charge >= 0.3 is 0 Å². The first-order valence-electron chi connectivity index (χ1n) is 6.49. The predicted octanol–water partition coefficient (Wildman–Crippen LogP) is 2.06. The van der Waals surface area contributed by atoms with Gasteiger partial charge in [-0.1, -0.05) is 20.8 Å². The fraction of sp³-hybridized carbons (Fsp3) is 0.400. The minimum atomic E-state index is -0.199. The Balaban J connectivity index is 2.66. The number of methoxy groups -OCH3 is 1. The van der Waals surface area contributed by atoms with Gasteiger partial charge in [0.15, 0.2) is 0 Å². The van der Waals surface area contributed by atoms with Gasteiger partial charge in [-0.25, -0.2) is 4.68 Å². The van der Waals surface area contributed by atoms with Crippen LogP contribution in [0.1, 0.15) is 26.5 Å². The minimum Gasteiger partial charge on any atom is -0.497 e. The molecule has 0 fully saturated rings. The Bertz CT molecular complexity index is 673. The molecule has 0 radical (unpaired) electrons. The van der Waals surface area contributed by atoms with E-state index in [4.69, 9.17) is 10.5 Å². The summed E-state index contributed by atoms with van der Waals surface area (Å²) in [5.41, 5.74) is 7.51. The normalized spacial score (nSPS) is 11.7. The van der Waals surface area contributed by atoms with Gasteiger partial charge in [0.25, 0.3) is 5.56 Å². The molecule has 0 amide bonds. The quantitative estimate of drug-likeness (QED) is 0.912. The van der Waals surface area contributed by atoms with E-state index < -0.39 is 0 Å². The number of nitrogen functional groups attached to an aromatic ring is 1. The van der Waals surface area contributed by atoms with Gasteiger partial charge in [-0.15, -0.1) is 0 Å². The van der Waals surface area contributed by atoms with Crippen LogP contribution in [0.5, 0.6) is 5.75 Å².